The number of carbonyl (C=O) groups excluding carboxylic acids is 2. The molecule has 0 aromatic heterocycles. The number of esters is 1. The molecule has 0 fully saturated rings. The number of benzene rings is 2. The van der Waals surface area contributed by atoms with Crippen LogP contribution in [0.15, 0.2) is 60.3 Å². The third-order valence-corrected chi connectivity index (χ3v) is 3.46. The van der Waals surface area contributed by atoms with E-state index >= 15 is 0 Å². The zero-order chi connectivity index (χ0) is 19.6. The first-order valence-corrected chi connectivity index (χ1v) is 8.20. The van der Waals surface area contributed by atoms with Crippen LogP contribution in [0.5, 0.6) is 0 Å². The molecule has 0 aliphatic rings. The van der Waals surface area contributed by atoms with Gasteiger partial charge in [-0.2, -0.15) is 5.26 Å². The average molecular weight is 367 g/mol. The molecule has 0 saturated heterocycles. The summed E-state index contributed by atoms with van der Waals surface area (Å²) >= 11 is 0. The van der Waals surface area contributed by atoms with Crippen molar-refractivity contribution in [1.82, 2.24) is 5.32 Å². The standard InChI is InChI=1S/C20H18FN3O3/c1-2-27-20(26)15-6-8-18(9-7-15)24-19(25)16(11-22)13-23-12-14-4-3-5-17(21)10-14/h3-10,13,23H,2,12H2,1H3,(H,24,25)/b16-13-. The highest BCUT2D eigenvalue weighted by Crippen LogP contribution is 2.12. The van der Waals surface area contributed by atoms with E-state index in [1.165, 1.54) is 30.5 Å². The molecule has 0 unspecified atom stereocenters. The van der Waals surface area contributed by atoms with Crippen molar-refractivity contribution in [1.29, 1.82) is 5.26 Å². The second-order valence-electron chi connectivity index (χ2n) is 5.43. The van der Waals surface area contributed by atoms with Crippen molar-refractivity contribution in [2.75, 3.05) is 11.9 Å². The molecule has 0 atom stereocenters. The topological polar surface area (TPSA) is 91.2 Å². The second-order valence-corrected chi connectivity index (χ2v) is 5.43. The fourth-order valence-corrected chi connectivity index (χ4v) is 2.17. The second kappa shape index (κ2) is 9.73. The summed E-state index contributed by atoms with van der Waals surface area (Å²) in [4.78, 5) is 23.8. The number of rotatable bonds is 7. The quantitative estimate of drug-likeness (QED) is 0.446. The van der Waals surface area contributed by atoms with Gasteiger partial charge in [-0.05, 0) is 48.9 Å². The minimum Gasteiger partial charge on any atom is -0.462 e. The fraction of sp³-hybridized carbons (Fsp3) is 0.150. The van der Waals surface area contributed by atoms with Crippen molar-refractivity contribution in [3.8, 4) is 6.07 Å². The molecule has 0 aliphatic carbocycles. The van der Waals surface area contributed by atoms with E-state index in [4.69, 9.17) is 10.00 Å². The van der Waals surface area contributed by atoms with Crippen molar-refractivity contribution in [2.45, 2.75) is 13.5 Å². The van der Waals surface area contributed by atoms with Gasteiger partial charge in [-0.3, -0.25) is 4.79 Å². The highest BCUT2D eigenvalue weighted by molar-refractivity contribution is 6.06. The molecule has 7 heteroatoms. The number of hydrogen-bond donors (Lipinski definition) is 2. The Morgan fingerprint density at radius 2 is 1.96 bits per heavy atom. The van der Waals surface area contributed by atoms with Crippen LogP contribution in [0.2, 0.25) is 0 Å². The summed E-state index contributed by atoms with van der Waals surface area (Å²) in [5.74, 6) is -1.41. The van der Waals surface area contributed by atoms with Crippen LogP contribution >= 0.6 is 0 Å². The molecule has 0 spiro atoms. The molecule has 6 nitrogen and oxygen atoms in total. The molecule has 2 rings (SSSR count). The van der Waals surface area contributed by atoms with Gasteiger partial charge in [0.1, 0.15) is 17.5 Å². The molecule has 0 saturated carbocycles. The molecule has 27 heavy (non-hydrogen) atoms. The molecule has 1 amide bonds. The smallest absolute Gasteiger partial charge is 0.338 e. The molecule has 0 radical (unpaired) electrons. The van der Waals surface area contributed by atoms with E-state index in [-0.39, 0.29) is 24.5 Å². The van der Waals surface area contributed by atoms with Gasteiger partial charge in [0.25, 0.3) is 5.91 Å². The molecule has 0 heterocycles. The van der Waals surface area contributed by atoms with E-state index < -0.39 is 11.9 Å². The van der Waals surface area contributed by atoms with Gasteiger partial charge in [0.05, 0.1) is 12.2 Å². The number of nitrogens with zero attached hydrogens (tertiary/aromatic N) is 1. The van der Waals surface area contributed by atoms with Gasteiger partial charge < -0.3 is 15.4 Å². The van der Waals surface area contributed by atoms with Crippen molar-refractivity contribution < 1.29 is 18.7 Å². The lowest BCUT2D eigenvalue weighted by molar-refractivity contribution is -0.112. The summed E-state index contributed by atoms with van der Waals surface area (Å²) in [5, 5.41) is 14.5. The Morgan fingerprint density at radius 3 is 2.59 bits per heavy atom. The fourth-order valence-electron chi connectivity index (χ4n) is 2.17. The first-order chi connectivity index (χ1) is 13.0. The SMILES string of the molecule is CCOC(=O)c1ccc(NC(=O)/C(C#N)=C\NCc2cccc(F)c2)cc1. The third kappa shape index (κ3) is 5.97. The highest BCUT2D eigenvalue weighted by atomic mass is 19.1. The maximum atomic E-state index is 13.1. The maximum absolute atomic E-state index is 13.1. The zero-order valence-electron chi connectivity index (χ0n) is 14.7. The highest BCUT2D eigenvalue weighted by Gasteiger charge is 2.10. The number of anilines is 1. The van der Waals surface area contributed by atoms with Crippen LogP contribution in [0.25, 0.3) is 0 Å². The molecule has 2 N–H and O–H groups in total. The Morgan fingerprint density at radius 1 is 1.22 bits per heavy atom. The van der Waals surface area contributed by atoms with E-state index in [0.29, 0.717) is 16.8 Å². The summed E-state index contributed by atoms with van der Waals surface area (Å²) in [6, 6.07) is 13.9. The lowest BCUT2D eigenvalue weighted by Crippen LogP contribution is -2.16. The van der Waals surface area contributed by atoms with Gasteiger partial charge in [-0.1, -0.05) is 12.1 Å². The van der Waals surface area contributed by atoms with Crippen LogP contribution in [-0.2, 0) is 16.1 Å². The molecule has 138 valence electrons. The Bertz CT molecular complexity index is 886. The van der Waals surface area contributed by atoms with Crippen molar-refractivity contribution in [3.05, 3.63) is 77.2 Å². The number of nitrogens with one attached hydrogen (secondary N) is 2. The maximum Gasteiger partial charge on any atom is 0.338 e. The number of hydrogen-bond acceptors (Lipinski definition) is 5. The number of amides is 1. The first kappa shape index (κ1) is 19.7. The summed E-state index contributed by atoms with van der Waals surface area (Å²) < 4.78 is 18.0. The van der Waals surface area contributed by atoms with Crippen LogP contribution in [0.1, 0.15) is 22.8 Å². The summed E-state index contributed by atoms with van der Waals surface area (Å²) in [5.41, 5.74) is 1.33. The van der Waals surface area contributed by atoms with Gasteiger partial charge in [0, 0.05) is 18.4 Å². The minimum absolute atomic E-state index is 0.138. The van der Waals surface area contributed by atoms with Gasteiger partial charge in [0.2, 0.25) is 0 Å². The van der Waals surface area contributed by atoms with Crippen molar-refractivity contribution in [3.63, 3.8) is 0 Å². The van der Waals surface area contributed by atoms with Gasteiger partial charge in [-0.25, -0.2) is 9.18 Å². The monoisotopic (exact) mass is 367 g/mol. The molecule has 0 bridgehead atoms. The van der Waals surface area contributed by atoms with Crippen LogP contribution in [-0.4, -0.2) is 18.5 Å². The van der Waals surface area contributed by atoms with Crippen LogP contribution in [0.3, 0.4) is 0 Å². The predicted octanol–water partition coefficient (Wildman–Crippen LogP) is 3.14. The van der Waals surface area contributed by atoms with E-state index in [1.807, 2.05) is 0 Å². The first-order valence-electron chi connectivity index (χ1n) is 8.20. The number of ether oxygens (including phenoxy) is 1. The number of nitriles is 1. The lowest BCUT2D eigenvalue weighted by Gasteiger charge is -2.07. The average Bonchev–Trinajstić information content (AvgIpc) is 2.66. The predicted molar refractivity (Wildman–Crippen MR) is 98.0 cm³/mol. The van der Waals surface area contributed by atoms with E-state index in [9.17, 15) is 14.0 Å². The Labute approximate surface area is 156 Å². The normalized spacial score (nSPS) is 10.6. The van der Waals surface area contributed by atoms with Crippen LogP contribution in [0, 0.1) is 17.1 Å². The zero-order valence-corrected chi connectivity index (χ0v) is 14.7. The van der Waals surface area contributed by atoms with Crippen molar-refractivity contribution >= 4 is 17.6 Å². The van der Waals surface area contributed by atoms with Gasteiger partial charge >= 0.3 is 5.97 Å². The number of halogens is 1. The van der Waals surface area contributed by atoms with Crippen LogP contribution in [0.4, 0.5) is 10.1 Å². The van der Waals surface area contributed by atoms with E-state index in [0.717, 1.165) is 0 Å². The molecule has 2 aromatic carbocycles. The summed E-state index contributed by atoms with van der Waals surface area (Å²) in [6.07, 6.45) is 1.27. The third-order valence-electron chi connectivity index (χ3n) is 3.46. The van der Waals surface area contributed by atoms with Gasteiger partial charge in [-0.15, -0.1) is 0 Å². The molecule has 0 aliphatic heterocycles. The Kier molecular flexibility index (Phi) is 7.08. The Balaban J connectivity index is 1.96. The lowest BCUT2D eigenvalue weighted by atomic mass is 10.2. The van der Waals surface area contributed by atoms with E-state index in [2.05, 4.69) is 10.6 Å². The Hall–Kier alpha value is -3.66. The summed E-state index contributed by atoms with van der Waals surface area (Å²) in [7, 11) is 0. The van der Waals surface area contributed by atoms with E-state index in [1.54, 1.807) is 37.3 Å². The minimum atomic E-state index is -0.604. The molecular weight excluding hydrogens is 349 g/mol. The van der Waals surface area contributed by atoms with Crippen LogP contribution < -0.4 is 10.6 Å². The largest absolute Gasteiger partial charge is 0.462 e. The summed E-state index contributed by atoms with van der Waals surface area (Å²) in [6.45, 7) is 2.26. The van der Waals surface area contributed by atoms with Gasteiger partial charge in [0.15, 0.2) is 0 Å². The van der Waals surface area contributed by atoms with Crippen molar-refractivity contribution in [2.24, 2.45) is 0 Å². The number of carbonyl (C=O) groups is 2. The molecular formula is C20H18FN3O3. The molecule has 2 aromatic rings.